The summed E-state index contributed by atoms with van der Waals surface area (Å²) < 4.78 is 30.0. The molecule has 3 aromatic rings. The smallest absolute Gasteiger partial charge is 0.244 e. The summed E-state index contributed by atoms with van der Waals surface area (Å²) >= 11 is 12.1. The van der Waals surface area contributed by atoms with Crippen LogP contribution in [0.5, 0.6) is 0 Å². The average molecular weight is 479 g/mol. The molecule has 1 fully saturated rings. The number of nitrogens with one attached hydrogen (secondary N) is 1. The molecule has 7 nitrogen and oxygen atoms in total. The van der Waals surface area contributed by atoms with Crippen molar-refractivity contribution in [3.63, 3.8) is 0 Å². The molecule has 0 spiro atoms. The summed E-state index contributed by atoms with van der Waals surface area (Å²) in [7, 11) is -4.06. The molecular formula is C21H20Cl2N4O3S. The van der Waals surface area contributed by atoms with E-state index in [9.17, 15) is 13.2 Å². The average Bonchev–Trinajstić information content (AvgIpc) is 3.02. The number of benzene rings is 2. The van der Waals surface area contributed by atoms with E-state index < -0.39 is 22.0 Å². The van der Waals surface area contributed by atoms with Crippen LogP contribution < -0.4 is 5.32 Å². The van der Waals surface area contributed by atoms with Crippen LogP contribution in [0.1, 0.15) is 23.0 Å². The SMILES string of the molecule is Cc1nn(-c2ccccc2)c(C)c1C1C(=O)NCCN1S(=O)(=O)c1cc(Cl)cc(Cl)c1. The predicted octanol–water partition coefficient (Wildman–Crippen LogP) is 3.66. The second-order valence-corrected chi connectivity index (χ2v) is 10.0. The molecule has 0 aliphatic carbocycles. The van der Waals surface area contributed by atoms with E-state index in [0.29, 0.717) is 17.0 Å². The minimum absolute atomic E-state index is 0.0598. The molecule has 1 aliphatic heterocycles. The Morgan fingerprint density at radius 2 is 1.71 bits per heavy atom. The van der Waals surface area contributed by atoms with Crippen molar-refractivity contribution in [3.8, 4) is 5.69 Å². The molecule has 2 aromatic carbocycles. The highest BCUT2D eigenvalue weighted by Crippen LogP contribution is 2.35. The van der Waals surface area contributed by atoms with E-state index >= 15 is 0 Å². The van der Waals surface area contributed by atoms with Gasteiger partial charge in [-0.3, -0.25) is 4.79 Å². The Hall–Kier alpha value is -2.39. The van der Waals surface area contributed by atoms with E-state index in [1.807, 2.05) is 37.3 Å². The number of nitrogens with zero attached hydrogens (tertiary/aromatic N) is 3. The first kappa shape index (κ1) is 21.8. The highest BCUT2D eigenvalue weighted by molar-refractivity contribution is 7.89. The van der Waals surface area contributed by atoms with Gasteiger partial charge in [-0.15, -0.1) is 0 Å². The molecule has 162 valence electrons. The summed E-state index contributed by atoms with van der Waals surface area (Å²) in [5.41, 5.74) is 2.64. The minimum atomic E-state index is -4.06. The summed E-state index contributed by atoms with van der Waals surface area (Å²) in [5, 5.41) is 7.76. The maximum Gasteiger partial charge on any atom is 0.244 e. The van der Waals surface area contributed by atoms with E-state index in [4.69, 9.17) is 23.2 Å². The van der Waals surface area contributed by atoms with Crippen molar-refractivity contribution >= 4 is 39.1 Å². The van der Waals surface area contributed by atoms with Gasteiger partial charge in [-0.2, -0.15) is 9.40 Å². The van der Waals surface area contributed by atoms with E-state index in [1.165, 1.54) is 22.5 Å². The van der Waals surface area contributed by atoms with Crippen LogP contribution in [0.3, 0.4) is 0 Å². The molecule has 0 bridgehead atoms. The maximum atomic E-state index is 13.5. The molecule has 0 radical (unpaired) electrons. The van der Waals surface area contributed by atoms with Crippen LogP contribution in [0.4, 0.5) is 0 Å². The number of carbonyl (C=O) groups excluding carboxylic acids is 1. The van der Waals surface area contributed by atoms with Crippen LogP contribution in [0.2, 0.25) is 10.0 Å². The Morgan fingerprint density at radius 3 is 2.35 bits per heavy atom. The fourth-order valence-corrected chi connectivity index (χ4v) is 6.15. The van der Waals surface area contributed by atoms with Gasteiger partial charge in [0.2, 0.25) is 15.9 Å². The van der Waals surface area contributed by atoms with Crippen LogP contribution in [0.15, 0.2) is 53.4 Å². The van der Waals surface area contributed by atoms with Crippen molar-refractivity contribution in [2.24, 2.45) is 0 Å². The number of hydrogen-bond acceptors (Lipinski definition) is 4. The van der Waals surface area contributed by atoms with Crippen molar-refractivity contribution in [1.29, 1.82) is 0 Å². The number of amides is 1. The topological polar surface area (TPSA) is 84.3 Å². The molecule has 1 saturated heterocycles. The fraction of sp³-hybridized carbons (Fsp3) is 0.238. The molecule has 1 aliphatic rings. The molecule has 1 unspecified atom stereocenters. The largest absolute Gasteiger partial charge is 0.353 e. The molecule has 2 heterocycles. The molecule has 0 saturated carbocycles. The normalized spacial score (nSPS) is 17.5. The molecule has 31 heavy (non-hydrogen) atoms. The van der Waals surface area contributed by atoms with Crippen LogP contribution in [0.25, 0.3) is 5.69 Å². The van der Waals surface area contributed by atoms with Gasteiger partial charge >= 0.3 is 0 Å². The summed E-state index contributed by atoms with van der Waals surface area (Å²) in [6.45, 7) is 3.90. The maximum absolute atomic E-state index is 13.5. The summed E-state index contributed by atoms with van der Waals surface area (Å²) in [6, 6.07) is 12.5. The van der Waals surface area contributed by atoms with Crippen molar-refractivity contribution < 1.29 is 13.2 Å². The molecule has 1 aromatic heterocycles. The number of sulfonamides is 1. The number of halogens is 2. The van der Waals surface area contributed by atoms with Crippen LogP contribution >= 0.6 is 23.2 Å². The predicted molar refractivity (Wildman–Crippen MR) is 119 cm³/mol. The van der Waals surface area contributed by atoms with Crippen molar-refractivity contribution in [2.45, 2.75) is 24.8 Å². The lowest BCUT2D eigenvalue weighted by atomic mass is 10.0. The second-order valence-electron chi connectivity index (χ2n) is 7.25. The zero-order chi connectivity index (χ0) is 22.3. The lowest BCUT2D eigenvalue weighted by Gasteiger charge is -2.34. The first-order chi connectivity index (χ1) is 14.7. The Kier molecular flexibility index (Phi) is 5.83. The van der Waals surface area contributed by atoms with Gasteiger partial charge < -0.3 is 5.32 Å². The monoisotopic (exact) mass is 478 g/mol. The summed E-state index contributed by atoms with van der Waals surface area (Å²) in [4.78, 5) is 12.9. The third kappa shape index (κ3) is 3.96. The lowest BCUT2D eigenvalue weighted by Crippen LogP contribution is -2.52. The Balaban J connectivity index is 1.85. The van der Waals surface area contributed by atoms with E-state index in [-0.39, 0.29) is 28.0 Å². The molecule has 1 atom stereocenters. The quantitative estimate of drug-likeness (QED) is 0.619. The van der Waals surface area contributed by atoms with Crippen LogP contribution in [0, 0.1) is 13.8 Å². The molecule has 1 amide bonds. The number of piperazine rings is 1. The zero-order valence-corrected chi connectivity index (χ0v) is 19.2. The Bertz CT molecular complexity index is 1240. The molecule has 1 N–H and O–H groups in total. The highest BCUT2D eigenvalue weighted by atomic mass is 35.5. The number of rotatable bonds is 4. The number of hydrogen-bond donors (Lipinski definition) is 1. The van der Waals surface area contributed by atoms with Gasteiger partial charge in [0.05, 0.1) is 16.3 Å². The van der Waals surface area contributed by atoms with Gasteiger partial charge in [0.15, 0.2) is 0 Å². The fourth-order valence-electron chi connectivity index (χ4n) is 3.86. The van der Waals surface area contributed by atoms with E-state index in [2.05, 4.69) is 10.4 Å². The highest BCUT2D eigenvalue weighted by Gasteiger charge is 2.42. The van der Waals surface area contributed by atoms with Gasteiger partial charge in [0.25, 0.3) is 0 Å². The van der Waals surface area contributed by atoms with Crippen molar-refractivity contribution in [2.75, 3.05) is 13.1 Å². The first-order valence-electron chi connectivity index (χ1n) is 9.57. The first-order valence-corrected chi connectivity index (χ1v) is 11.8. The third-order valence-corrected chi connectivity index (χ3v) is 7.51. The molecule has 10 heteroatoms. The number of carbonyl (C=O) groups is 1. The molecular weight excluding hydrogens is 459 g/mol. The standard InChI is InChI=1S/C21H20Cl2N4O3S/c1-13-19(14(2)27(25-13)17-6-4-3-5-7-17)20-21(28)24-8-9-26(20)31(29,30)18-11-15(22)10-16(23)12-18/h3-7,10-12,20H,8-9H2,1-2H3,(H,24,28). The second kappa shape index (κ2) is 8.27. The number of aromatic nitrogens is 2. The minimum Gasteiger partial charge on any atom is -0.353 e. The Labute approximate surface area is 190 Å². The third-order valence-electron chi connectivity index (χ3n) is 5.23. The van der Waals surface area contributed by atoms with E-state index in [0.717, 1.165) is 5.69 Å². The van der Waals surface area contributed by atoms with Gasteiger partial charge in [-0.05, 0) is 44.2 Å². The Morgan fingerprint density at radius 1 is 1.06 bits per heavy atom. The van der Waals surface area contributed by atoms with Gasteiger partial charge in [0.1, 0.15) is 6.04 Å². The van der Waals surface area contributed by atoms with Crippen LogP contribution in [-0.2, 0) is 14.8 Å². The van der Waals surface area contributed by atoms with Crippen molar-refractivity contribution in [3.05, 3.63) is 75.5 Å². The summed E-state index contributed by atoms with van der Waals surface area (Å²) in [5.74, 6) is -0.401. The number of aryl methyl sites for hydroxylation is 1. The van der Waals surface area contributed by atoms with Crippen LogP contribution in [-0.4, -0.2) is 41.5 Å². The number of para-hydroxylation sites is 1. The van der Waals surface area contributed by atoms with Gasteiger partial charge in [-0.25, -0.2) is 13.1 Å². The summed E-state index contributed by atoms with van der Waals surface area (Å²) in [6.07, 6.45) is 0. The van der Waals surface area contributed by atoms with E-state index in [1.54, 1.807) is 11.6 Å². The zero-order valence-electron chi connectivity index (χ0n) is 16.8. The van der Waals surface area contributed by atoms with Gasteiger partial charge in [0, 0.05) is 34.4 Å². The lowest BCUT2D eigenvalue weighted by molar-refractivity contribution is -0.127. The van der Waals surface area contributed by atoms with Crippen molar-refractivity contribution in [1.82, 2.24) is 19.4 Å². The molecule has 4 rings (SSSR count). The van der Waals surface area contributed by atoms with Gasteiger partial charge in [-0.1, -0.05) is 41.4 Å².